The molecule has 23 heavy (non-hydrogen) atoms. The molecule has 0 spiro atoms. The van der Waals surface area contributed by atoms with Crippen LogP contribution < -0.4 is 0 Å². The summed E-state index contributed by atoms with van der Waals surface area (Å²) in [6.07, 6.45) is 0. The van der Waals surface area contributed by atoms with Gasteiger partial charge in [-0.25, -0.2) is 8.78 Å². The van der Waals surface area contributed by atoms with Crippen LogP contribution in [-0.4, -0.2) is 20.4 Å². The first kappa shape index (κ1) is 15.6. The van der Waals surface area contributed by atoms with Gasteiger partial charge in [-0.3, -0.25) is 5.10 Å². The highest BCUT2D eigenvalue weighted by molar-refractivity contribution is 6.32. The number of aromatic nitrogens is 2. The van der Waals surface area contributed by atoms with Gasteiger partial charge in [0.2, 0.25) is 0 Å². The number of halogens is 4. The molecule has 0 bridgehead atoms. The van der Waals surface area contributed by atoms with Crippen LogP contribution >= 0.6 is 23.2 Å². The number of nitrogens with zero attached hydrogens (tertiary/aromatic N) is 1. The van der Waals surface area contributed by atoms with Crippen molar-refractivity contribution in [2.45, 2.75) is 0 Å². The minimum atomic E-state index is -0.935. The lowest BCUT2D eigenvalue weighted by molar-refractivity contribution is 0.433. The molecule has 0 radical (unpaired) electrons. The third-order valence-electron chi connectivity index (χ3n) is 3.28. The standard InChI is InChI=1S/C15H8Cl2F2N2O2/c16-8-3-1-6(12(18)14(8)22)10-5-11(21-20-10)7-2-4-9(17)15(23)13(7)19/h1-5,22-23H,(H,20,21). The highest BCUT2D eigenvalue weighted by Crippen LogP contribution is 2.36. The summed E-state index contributed by atoms with van der Waals surface area (Å²) in [6, 6.07) is 6.71. The van der Waals surface area contributed by atoms with E-state index in [1.165, 1.54) is 30.3 Å². The Bertz CT molecular complexity index is 841. The van der Waals surface area contributed by atoms with Crippen molar-refractivity contribution in [1.82, 2.24) is 10.2 Å². The molecule has 3 rings (SSSR count). The molecule has 1 aromatic heterocycles. The summed E-state index contributed by atoms with van der Waals surface area (Å²) in [5.74, 6) is -3.23. The first-order valence-corrected chi connectivity index (χ1v) is 7.06. The minimum Gasteiger partial charge on any atom is -0.504 e. The van der Waals surface area contributed by atoms with Gasteiger partial charge in [0.05, 0.1) is 21.4 Å². The Morgan fingerprint density at radius 3 is 2.00 bits per heavy atom. The number of hydrogen-bond donors (Lipinski definition) is 3. The number of phenolic OH excluding ortho intramolecular Hbond substituents is 2. The summed E-state index contributed by atoms with van der Waals surface area (Å²) < 4.78 is 28.1. The van der Waals surface area contributed by atoms with E-state index < -0.39 is 23.1 Å². The molecule has 8 heteroatoms. The van der Waals surface area contributed by atoms with Crippen molar-refractivity contribution in [2.75, 3.05) is 0 Å². The van der Waals surface area contributed by atoms with Crippen LogP contribution in [0.25, 0.3) is 22.5 Å². The maximum Gasteiger partial charge on any atom is 0.175 e. The summed E-state index contributed by atoms with van der Waals surface area (Å²) in [7, 11) is 0. The number of rotatable bonds is 2. The van der Waals surface area contributed by atoms with Gasteiger partial charge < -0.3 is 10.2 Å². The number of aromatic amines is 1. The van der Waals surface area contributed by atoms with Crippen molar-refractivity contribution < 1.29 is 19.0 Å². The summed E-state index contributed by atoms with van der Waals surface area (Å²) in [6.45, 7) is 0. The van der Waals surface area contributed by atoms with Gasteiger partial charge in [-0.1, -0.05) is 23.2 Å². The summed E-state index contributed by atoms with van der Waals surface area (Å²) in [4.78, 5) is 0. The van der Waals surface area contributed by atoms with Gasteiger partial charge in [-0.2, -0.15) is 5.10 Å². The molecular formula is C15H8Cl2F2N2O2. The van der Waals surface area contributed by atoms with Crippen molar-refractivity contribution in [3.63, 3.8) is 0 Å². The monoisotopic (exact) mass is 356 g/mol. The van der Waals surface area contributed by atoms with E-state index in [9.17, 15) is 19.0 Å². The molecule has 0 unspecified atom stereocenters. The molecule has 118 valence electrons. The second kappa shape index (κ2) is 5.72. The van der Waals surface area contributed by atoms with Gasteiger partial charge in [0.25, 0.3) is 0 Å². The largest absolute Gasteiger partial charge is 0.504 e. The Morgan fingerprint density at radius 1 is 0.870 bits per heavy atom. The number of H-pyrrole nitrogens is 1. The molecule has 0 saturated carbocycles. The van der Waals surface area contributed by atoms with Crippen LogP contribution in [0.1, 0.15) is 0 Å². The number of aromatic hydroxyl groups is 2. The fourth-order valence-corrected chi connectivity index (χ4v) is 2.38. The molecule has 0 aliphatic carbocycles. The first-order valence-electron chi connectivity index (χ1n) is 6.30. The number of benzene rings is 2. The molecule has 4 nitrogen and oxygen atoms in total. The van der Waals surface area contributed by atoms with Gasteiger partial charge in [0.1, 0.15) is 0 Å². The zero-order valence-corrected chi connectivity index (χ0v) is 12.8. The molecule has 3 aromatic rings. The van der Waals surface area contributed by atoms with E-state index in [2.05, 4.69) is 10.2 Å². The third-order valence-corrected chi connectivity index (χ3v) is 3.89. The van der Waals surface area contributed by atoms with Crippen LogP contribution in [0.5, 0.6) is 11.5 Å². The Labute approximate surface area is 138 Å². The lowest BCUT2D eigenvalue weighted by Crippen LogP contribution is -1.86. The van der Waals surface area contributed by atoms with Crippen LogP contribution in [-0.2, 0) is 0 Å². The lowest BCUT2D eigenvalue weighted by atomic mass is 10.1. The van der Waals surface area contributed by atoms with Crippen LogP contribution in [0, 0.1) is 11.6 Å². The van der Waals surface area contributed by atoms with E-state index in [-0.39, 0.29) is 32.6 Å². The Hall–Kier alpha value is -2.31. The highest BCUT2D eigenvalue weighted by Gasteiger charge is 2.18. The first-order chi connectivity index (χ1) is 10.9. The van der Waals surface area contributed by atoms with E-state index in [4.69, 9.17) is 23.2 Å². The molecular weight excluding hydrogens is 349 g/mol. The predicted molar refractivity (Wildman–Crippen MR) is 82.7 cm³/mol. The maximum absolute atomic E-state index is 14.0. The smallest absolute Gasteiger partial charge is 0.175 e. The molecule has 0 fully saturated rings. The molecule has 1 heterocycles. The highest BCUT2D eigenvalue weighted by atomic mass is 35.5. The third kappa shape index (κ3) is 2.60. The van der Waals surface area contributed by atoms with E-state index >= 15 is 0 Å². The quantitative estimate of drug-likeness (QED) is 0.621. The maximum atomic E-state index is 14.0. The van der Waals surface area contributed by atoms with E-state index in [0.29, 0.717) is 0 Å². The normalized spacial score (nSPS) is 11.0. The summed E-state index contributed by atoms with van der Waals surface area (Å²) in [5, 5.41) is 25.2. The van der Waals surface area contributed by atoms with Crippen LogP contribution in [0.2, 0.25) is 10.0 Å². The molecule has 0 atom stereocenters. The molecule has 3 N–H and O–H groups in total. The van der Waals surface area contributed by atoms with Crippen molar-refractivity contribution in [3.05, 3.63) is 52.0 Å². The molecule has 0 aliphatic heterocycles. The number of nitrogens with one attached hydrogen (secondary N) is 1. The van der Waals surface area contributed by atoms with Crippen molar-refractivity contribution in [1.29, 1.82) is 0 Å². The van der Waals surface area contributed by atoms with Crippen LogP contribution in [0.4, 0.5) is 8.78 Å². The molecule has 0 aliphatic rings. The molecule has 0 amide bonds. The molecule has 0 saturated heterocycles. The van der Waals surface area contributed by atoms with Gasteiger partial charge in [0.15, 0.2) is 23.1 Å². The Kier molecular flexibility index (Phi) is 3.87. The van der Waals surface area contributed by atoms with Crippen molar-refractivity contribution in [2.24, 2.45) is 0 Å². The van der Waals surface area contributed by atoms with Crippen molar-refractivity contribution in [3.8, 4) is 34.0 Å². The zero-order valence-electron chi connectivity index (χ0n) is 11.2. The summed E-state index contributed by atoms with van der Waals surface area (Å²) >= 11 is 11.2. The molecule has 2 aromatic carbocycles. The summed E-state index contributed by atoms with van der Waals surface area (Å²) in [5.41, 5.74) is 0.355. The van der Waals surface area contributed by atoms with Gasteiger partial charge in [0, 0.05) is 11.1 Å². The fraction of sp³-hybridized carbons (Fsp3) is 0. The van der Waals surface area contributed by atoms with E-state index in [0.717, 1.165) is 0 Å². The SMILES string of the molecule is Oc1c(Cl)ccc(-c2cc(-c3ccc(Cl)c(O)c3F)[nH]n2)c1F. The van der Waals surface area contributed by atoms with Crippen LogP contribution in [0.15, 0.2) is 30.3 Å². The minimum absolute atomic E-state index is 0.00649. The van der Waals surface area contributed by atoms with Gasteiger partial charge in [-0.15, -0.1) is 0 Å². The van der Waals surface area contributed by atoms with Gasteiger partial charge in [-0.05, 0) is 30.3 Å². The zero-order chi connectivity index (χ0) is 16.7. The van der Waals surface area contributed by atoms with Gasteiger partial charge >= 0.3 is 0 Å². The van der Waals surface area contributed by atoms with Crippen LogP contribution in [0.3, 0.4) is 0 Å². The number of phenols is 2. The average molecular weight is 357 g/mol. The van der Waals surface area contributed by atoms with E-state index in [1.54, 1.807) is 0 Å². The lowest BCUT2D eigenvalue weighted by Gasteiger charge is -2.04. The Morgan fingerprint density at radius 2 is 1.39 bits per heavy atom. The second-order valence-electron chi connectivity index (χ2n) is 4.68. The average Bonchev–Trinajstić information content (AvgIpc) is 3.00. The number of hydrogen-bond acceptors (Lipinski definition) is 3. The van der Waals surface area contributed by atoms with E-state index in [1.807, 2.05) is 0 Å². The predicted octanol–water partition coefficient (Wildman–Crippen LogP) is 4.74. The topological polar surface area (TPSA) is 69.1 Å². The van der Waals surface area contributed by atoms with Crippen molar-refractivity contribution >= 4 is 23.2 Å². The fourth-order valence-electron chi connectivity index (χ4n) is 2.09. The second-order valence-corrected chi connectivity index (χ2v) is 5.50. The Balaban J connectivity index is 2.09.